The SMILES string of the molecule is Cn1cc(S(=O)(=O)N2CCCN(C(=O)c3cc(Cl)ccc3Cl)CC2)cn1. The Hall–Kier alpha value is -1.61. The number of carbonyl (C=O) groups is 1. The fourth-order valence-electron chi connectivity index (χ4n) is 2.85. The second-order valence-electron chi connectivity index (χ2n) is 6.02. The van der Waals surface area contributed by atoms with Crippen molar-refractivity contribution in [1.82, 2.24) is 19.0 Å². The summed E-state index contributed by atoms with van der Waals surface area (Å²) in [5.41, 5.74) is 0.322. The Morgan fingerprint density at radius 3 is 2.62 bits per heavy atom. The van der Waals surface area contributed by atoms with Gasteiger partial charge >= 0.3 is 0 Å². The maximum absolute atomic E-state index is 12.8. The van der Waals surface area contributed by atoms with Crippen molar-refractivity contribution >= 4 is 39.1 Å². The molecule has 2 aromatic rings. The van der Waals surface area contributed by atoms with E-state index in [9.17, 15) is 13.2 Å². The van der Waals surface area contributed by atoms with Gasteiger partial charge in [0.1, 0.15) is 4.90 Å². The Balaban J connectivity index is 1.76. The van der Waals surface area contributed by atoms with Gasteiger partial charge in [0.25, 0.3) is 5.91 Å². The number of hydrogen-bond donors (Lipinski definition) is 0. The molecule has 0 aliphatic carbocycles. The van der Waals surface area contributed by atoms with E-state index in [1.165, 1.54) is 27.4 Å². The summed E-state index contributed by atoms with van der Waals surface area (Å²) in [6.07, 6.45) is 3.33. The Bertz CT molecular complexity index is 929. The Morgan fingerprint density at radius 1 is 1.15 bits per heavy atom. The van der Waals surface area contributed by atoms with E-state index in [-0.39, 0.29) is 23.9 Å². The summed E-state index contributed by atoms with van der Waals surface area (Å²) in [6.45, 7) is 1.27. The molecule has 0 saturated carbocycles. The molecule has 1 aliphatic heterocycles. The molecule has 0 radical (unpaired) electrons. The molecule has 10 heteroatoms. The zero-order valence-corrected chi connectivity index (χ0v) is 16.4. The third-order valence-corrected chi connectivity index (χ3v) is 6.64. The number of halogens is 2. The second kappa shape index (κ2) is 7.56. The van der Waals surface area contributed by atoms with Crippen molar-refractivity contribution < 1.29 is 13.2 Å². The van der Waals surface area contributed by atoms with Gasteiger partial charge < -0.3 is 4.90 Å². The van der Waals surface area contributed by atoms with Crippen LogP contribution in [0, 0.1) is 0 Å². The van der Waals surface area contributed by atoms with Crippen LogP contribution < -0.4 is 0 Å². The Morgan fingerprint density at radius 2 is 1.92 bits per heavy atom. The summed E-state index contributed by atoms with van der Waals surface area (Å²) in [4.78, 5) is 14.5. The Kier molecular flexibility index (Phi) is 5.57. The molecule has 0 bridgehead atoms. The lowest BCUT2D eigenvalue weighted by molar-refractivity contribution is 0.0764. The second-order valence-corrected chi connectivity index (χ2v) is 8.81. The number of nitrogens with zero attached hydrogens (tertiary/aromatic N) is 4. The van der Waals surface area contributed by atoms with Gasteiger partial charge in [-0.2, -0.15) is 9.40 Å². The van der Waals surface area contributed by atoms with Crippen molar-refractivity contribution in [2.45, 2.75) is 11.3 Å². The van der Waals surface area contributed by atoms with Crippen molar-refractivity contribution in [2.24, 2.45) is 7.05 Å². The van der Waals surface area contributed by atoms with Gasteiger partial charge in [0.2, 0.25) is 10.0 Å². The van der Waals surface area contributed by atoms with Gasteiger partial charge in [-0.3, -0.25) is 9.48 Å². The van der Waals surface area contributed by atoms with E-state index in [1.54, 1.807) is 24.1 Å². The van der Waals surface area contributed by atoms with E-state index in [0.717, 1.165) is 0 Å². The molecule has 26 heavy (non-hydrogen) atoms. The predicted octanol–water partition coefficient (Wildman–Crippen LogP) is 2.26. The smallest absolute Gasteiger partial charge is 0.255 e. The number of benzene rings is 1. The zero-order valence-electron chi connectivity index (χ0n) is 14.1. The third-order valence-electron chi connectivity index (χ3n) is 4.22. The molecular weight excluding hydrogens is 399 g/mol. The van der Waals surface area contributed by atoms with Gasteiger partial charge in [0.15, 0.2) is 0 Å². The van der Waals surface area contributed by atoms with Gasteiger partial charge in [-0.25, -0.2) is 8.42 Å². The van der Waals surface area contributed by atoms with Crippen LogP contribution in [0.1, 0.15) is 16.8 Å². The lowest BCUT2D eigenvalue weighted by atomic mass is 10.2. The molecule has 1 amide bonds. The molecule has 0 spiro atoms. The Labute approximate surface area is 162 Å². The van der Waals surface area contributed by atoms with Crippen LogP contribution in [0.25, 0.3) is 0 Å². The molecule has 7 nitrogen and oxygen atoms in total. The zero-order chi connectivity index (χ0) is 18.9. The summed E-state index contributed by atoms with van der Waals surface area (Å²) in [5.74, 6) is -0.252. The molecular formula is C16H18Cl2N4O3S. The third kappa shape index (κ3) is 3.88. The summed E-state index contributed by atoms with van der Waals surface area (Å²) >= 11 is 12.1. The summed E-state index contributed by atoms with van der Waals surface area (Å²) in [6, 6.07) is 4.72. The molecule has 0 atom stereocenters. The van der Waals surface area contributed by atoms with Crippen LogP contribution in [0.2, 0.25) is 10.0 Å². The molecule has 3 rings (SSSR count). The minimum absolute atomic E-state index is 0.151. The highest BCUT2D eigenvalue weighted by Crippen LogP contribution is 2.23. The average molecular weight is 417 g/mol. The summed E-state index contributed by atoms with van der Waals surface area (Å²) < 4.78 is 28.3. The first-order valence-electron chi connectivity index (χ1n) is 8.02. The minimum atomic E-state index is -3.63. The maximum Gasteiger partial charge on any atom is 0.255 e. The van der Waals surface area contributed by atoms with Crippen molar-refractivity contribution in [2.75, 3.05) is 26.2 Å². The van der Waals surface area contributed by atoms with E-state index in [1.807, 2.05) is 0 Å². The van der Waals surface area contributed by atoms with E-state index < -0.39 is 10.0 Å². The van der Waals surface area contributed by atoms with Crippen LogP contribution in [-0.4, -0.2) is 59.5 Å². The number of aromatic nitrogens is 2. The molecule has 0 N–H and O–H groups in total. The molecule has 0 unspecified atom stereocenters. The molecule has 1 aromatic heterocycles. The highest BCUT2D eigenvalue weighted by atomic mass is 35.5. The first-order chi connectivity index (χ1) is 12.3. The van der Waals surface area contributed by atoms with Crippen molar-refractivity contribution in [3.05, 3.63) is 46.2 Å². The predicted molar refractivity (Wildman–Crippen MR) is 98.9 cm³/mol. The lowest BCUT2D eigenvalue weighted by Gasteiger charge is -2.22. The van der Waals surface area contributed by atoms with Crippen LogP contribution in [-0.2, 0) is 17.1 Å². The van der Waals surface area contributed by atoms with Gasteiger partial charge in [0.05, 0.1) is 16.8 Å². The number of sulfonamides is 1. The van der Waals surface area contributed by atoms with E-state index in [4.69, 9.17) is 23.2 Å². The molecule has 2 heterocycles. The number of rotatable bonds is 3. The highest BCUT2D eigenvalue weighted by Gasteiger charge is 2.29. The number of hydrogen-bond acceptors (Lipinski definition) is 4. The molecule has 140 valence electrons. The summed E-state index contributed by atoms with van der Waals surface area (Å²) in [5, 5.41) is 4.67. The molecule has 1 aliphatic rings. The monoisotopic (exact) mass is 416 g/mol. The number of amides is 1. The van der Waals surface area contributed by atoms with Gasteiger partial charge in [-0.1, -0.05) is 23.2 Å². The van der Waals surface area contributed by atoms with E-state index >= 15 is 0 Å². The highest BCUT2D eigenvalue weighted by molar-refractivity contribution is 7.89. The van der Waals surface area contributed by atoms with E-state index in [0.29, 0.717) is 35.1 Å². The van der Waals surface area contributed by atoms with Crippen LogP contribution in [0.15, 0.2) is 35.5 Å². The first kappa shape index (κ1) is 19.2. The van der Waals surface area contributed by atoms with Crippen LogP contribution in [0.4, 0.5) is 0 Å². The van der Waals surface area contributed by atoms with Crippen molar-refractivity contribution in [3.63, 3.8) is 0 Å². The fourth-order valence-corrected chi connectivity index (χ4v) is 4.68. The normalized spacial score (nSPS) is 16.5. The quantitative estimate of drug-likeness (QED) is 0.768. The standard InChI is InChI=1S/C16H18Cl2N4O3S/c1-20-11-13(10-19-20)26(24,25)22-6-2-5-21(7-8-22)16(23)14-9-12(17)3-4-15(14)18/h3-4,9-11H,2,5-8H2,1H3. The van der Waals surface area contributed by atoms with Crippen LogP contribution in [0.5, 0.6) is 0 Å². The number of aryl methyl sites for hydroxylation is 1. The largest absolute Gasteiger partial charge is 0.337 e. The number of carbonyl (C=O) groups excluding carboxylic acids is 1. The van der Waals surface area contributed by atoms with Gasteiger partial charge in [0, 0.05) is 44.4 Å². The molecule has 1 fully saturated rings. The maximum atomic E-state index is 12.8. The van der Waals surface area contributed by atoms with E-state index in [2.05, 4.69) is 5.10 Å². The fraction of sp³-hybridized carbons (Fsp3) is 0.375. The minimum Gasteiger partial charge on any atom is -0.337 e. The van der Waals surface area contributed by atoms with Gasteiger partial charge in [-0.15, -0.1) is 0 Å². The van der Waals surface area contributed by atoms with Crippen molar-refractivity contribution in [3.8, 4) is 0 Å². The lowest BCUT2D eigenvalue weighted by Crippen LogP contribution is -2.37. The first-order valence-corrected chi connectivity index (χ1v) is 10.2. The molecule has 1 aromatic carbocycles. The average Bonchev–Trinajstić information content (AvgIpc) is 2.89. The molecule has 1 saturated heterocycles. The van der Waals surface area contributed by atoms with Crippen LogP contribution >= 0.6 is 23.2 Å². The summed E-state index contributed by atoms with van der Waals surface area (Å²) in [7, 11) is -1.97. The topological polar surface area (TPSA) is 75.5 Å². The van der Waals surface area contributed by atoms with Crippen LogP contribution in [0.3, 0.4) is 0 Å². The van der Waals surface area contributed by atoms with Crippen molar-refractivity contribution in [1.29, 1.82) is 0 Å². The van der Waals surface area contributed by atoms with Gasteiger partial charge in [-0.05, 0) is 24.6 Å².